The number of aliphatic hydroxyl groups is 1. The average molecular weight is 406 g/mol. The molecular weight excluding hydrogens is 384 g/mol. The van der Waals surface area contributed by atoms with Crippen molar-refractivity contribution in [2.24, 2.45) is 5.41 Å². The zero-order valence-corrected chi connectivity index (χ0v) is 15.2. The molecule has 1 aliphatic heterocycles. The van der Waals surface area contributed by atoms with Crippen LogP contribution in [-0.4, -0.2) is 42.8 Å². The van der Waals surface area contributed by atoms with Crippen LogP contribution < -0.4 is 5.32 Å². The van der Waals surface area contributed by atoms with Gasteiger partial charge in [-0.15, -0.1) is 0 Å². The first-order chi connectivity index (χ1) is 9.44. The highest BCUT2D eigenvalue weighted by Gasteiger charge is 2.35. The van der Waals surface area contributed by atoms with Crippen LogP contribution in [0.2, 0.25) is 0 Å². The molecule has 0 aromatic heterocycles. The highest BCUT2D eigenvalue weighted by molar-refractivity contribution is 9.11. The number of halogens is 2. The Bertz CT molecular complexity index is 439. The second kappa shape index (κ2) is 6.88. The third-order valence-corrected chi connectivity index (χ3v) is 4.78. The largest absolute Gasteiger partial charge is 0.396 e. The van der Waals surface area contributed by atoms with E-state index < -0.39 is 0 Å². The zero-order chi connectivity index (χ0) is 14.8. The number of hydrogen-bond donors (Lipinski definition) is 2. The topological polar surface area (TPSA) is 35.5 Å². The minimum atomic E-state index is -0.183. The third kappa shape index (κ3) is 3.83. The van der Waals surface area contributed by atoms with Crippen molar-refractivity contribution in [3.8, 4) is 0 Å². The Kier molecular flexibility index (Phi) is 5.65. The molecular formula is C15H22Br2N2O. The molecule has 2 N–H and O–H groups in total. The molecule has 0 saturated carbocycles. The molecule has 1 aliphatic rings. The van der Waals surface area contributed by atoms with Crippen LogP contribution >= 0.6 is 31.9 Å². The van der Waals surface area contributed by atoms with E-state index in [2.05, 4.69) is 68.1 Å². The molecule has 1 saturated heterocycles. The lowest BCUT2D eigenvalue weighted by Gasteiger charge is -2.43. The number of nitrogens with one attached hydrogen (secondary N) is 1. The molecule has 0 spiro atoms. The SMILES string of the molecule is CC(C)(CO)[C@H](c1cc(Br)cc(Br)c1)N1CCNCC1. The standard InChI is InChI=1S/C15H22Br2N2O/c1-15(2,10-20)14(19-5-3-18-4-6-19)11-7-12(16)9-13(17)8-11/h7-9,14,18,20H,3-6,10H2,1-2H3/t14-/m0/s1. The summed E-state index contributed by atoms with van der Waals surface area (Å²) in [4.78, 5) is 2.47. The molecule has 0 unspecified atom stereocenters. The van der Waals surface area contributed by atoms with Crippen molar-refractivity contribution in [3.05, 3.63) is 32.7 Å². The fourth-order valence-electron chi connectivity index (χ4n) is 2.92. The molecule has 112 valence electrons. The number of hydrogen-bond acceptors (Lipinski definition) is 3. The molecule has 0 aliphatic carbocycles. The summed E-state index contributed by atoms with van der Waals surface area (Å²) in [5.74, 6) is 0. The molecule has 1 fully saturated rings. The molecule has 0 radical (unpaired) electrons. The second-order valence-corrected chi connectivity index (χ2v) is 7.87. The maximum Gasteiger partial charge on any atom is 0.0500 e. The van der Waals surface area contributed by atoms with E-state index >= 15 is 0 Å². The summed E-state index contributed by atoms with van der Waals surface area (Å²) in [6.45, 7) is 8.48. The maximum absolute atomic E-state index is 9.83. The van der Waals surface area contributed by atoms with Crippen LogP contribution in [-0.2, 0) is 0 Å². The van der Waals surface area contributed by atoms with Gasteiger partial charge in [0.1, 0.15) is 0 Å². The normalized spacial score (nSPS) is 19.1. The van der Waals surface area contributed by atoms with E-state index in [1.807, 2.05) is 6.07 Å². The highest BCUT2D eigenvalue weighted by atomic mass is 79.9. The Morgan fingerprint density at radius 1 is 1.20 bits per heavy atom. The number of nitrogens with zero attached hydrogens (tertiary/aromatic N) is 1. The molecule has 2 rings (SSSR count). The Morgan fingerprint density at radius 2 is 1.75 bits per heavy atom. The van der Waals surface area contributed by atoms with Gasteiger partial charge < -0.3 is 10.4 Å². The minimum absolute atomic E-state index is 0.172. The molecule has 1 heterocycles. The van der Waals surface area contributed by atoms with Crippen LogP contribution in [0.1, 0.15) is 25.5 Å². The number of benzene rings is 1. The predicted molar refractivity (Wildman–Crippen MR) is 89.9 cm³/mol. The first-order valence-corrected chi connectivity index (χ1v) is 8.54. The van der Waals surface area contributed by atoms with Crippen molar-refractivity contribution in [1.29, 1.82) is 0 Å². The Labute approximate surface area is 138 Å². The Balaban J connectivity index is 2.39. The van der Waals surface area contributed by atoms with Crippen LogP contribution in [0.4, 0.5) is 0 Å². The first kappa shape index (κ1) is 16.4. The van der Waals surface area contributed by atoms with Gasteiger partial charge in [0.05, 0.1) is 0 Å². The van der Waals surface area contributed by atoms with Gasteiger partial charge in [0.25, 0.3) is 0 Å². The van der Waals surface area contributed by atoms with Gasteiger partial charge >= 0.3 is 0 Å². The van der Waals surface area contributed by atoms with Crippen molar-refractivity contribution in [3.63, 3.8) is 0 Å². The van der Waals surface area contributed by atoms with Crippen LogP contribution in [0.15, 0.2) is 27.1 Å². The van der Waals surface area contributed by atoms with E-state index in [1.165, 1.54) is 5.56 Å². The predicted octanol–water partition coefficient (Wildman–Crippen LogP) is 3.18. The zero-order valence-electron chi connectivity index (χ0n) is 12.0. The summed E-state index contributed by atoms with van der Waals surface area (Å²) in [6.07, 6.45) is 0. The van der Waals surface area contributed by atoms with Crippen molar-refractivity contribution >= 4 is 31.9 Å². The van der Waals surface area contributed by atoms with Gasteiger partial charge in [0.2, 0.25) is 0 Å². The molecule has 5 heteroatoms. The number of aliphatic hydroxyl groups excluding tert-OH is 1. The van der Waals surface area contributed by atoms with Gasteiger partial charge in [-0.3, -0.25) is 4.90 Å². The van der Waals surface area contributed by atoms with Crippen LogP contribution in [0.3, 0.4) is 0 Å². The van der Waals surface area contributed by atoms with Crippen LogP contribution in [0.25, 0.3) is 0 Å². The minimum Gasteiger partial charge on any atom is -0.396 e. The molecule has 0 amide bonds. The maximum atomic E-state index is 9.83. The fraction of sp³-hybridized carbons (Fsp3) is 0.600. The van der Waals surface area contributed by atoms with E-state index in [0.29, 0.717) is 0 Å². The van der Waals surface area contributed by atoms with E-state index in [-0.39, 0.29) is 18.1 Å². The summed E-state index contributed by atoms with van der Waals surface area (Å²) in [6, 6.07) is 6.58. The summed E-state index contributed by atoms with van der Waals surface area (Å²) < 4.78 is 2.13. The van der Waals surface area contributed by atoms with Crippen LogP contribution in [0, 0.1) is 5.41 Å². The Hall–Kier alpha value is 0.0600. The van der Waals surface area contributed by atoms with E-state index in [1.54, 1.807) is 0 Å². The van der Waals surface area contributed by atoms with E-state index in [9.17, 15) is 5.11 Å². The molecule has 3 nitrogen and oxygen atoms in total. The van der Waals surface area contributed by atoms with Crippen molar-refractivity contribution in [2.45, 2.75) is 19.9 Å². The van der Waals surface area contributed by atoms with Gasteiger partial charge in [-0.2, -0.15) is 0 Å². The lowest BCUT2D eigenvalue weighted by molar-refractivity contribution is 0.0305. The van der Waals surface area contributed by atoms with Gasteiger partial charge in [-0.25, -0.2) is 0 Å². The second-order valence-electron chi connectivity index (χ2n) is 6.04. The summed E-state index contributed by atoms with van der Waals surface area (Å²) in [7, 11) is 0. The van der Waals surface area contributed by atoms with Crippen molar-refractivity contribution < 1.29 is 5.11 Å². The lowest BCUT2D eigenvalue weighted by atomic mass is 9.80. The number of rotatable bonds is 4. The molecule has 20 heavy (non-hydrogen) atoms. The molecule has 1 atom stereocenters. The van der Waals surface area contributed by atoms with Gasteiger partial charge in [-0.05, 0) is 23.8 Å². The van der Waals surface area contributed by atoms with Gasteiger partial charge in [-0.1, -0.05) is 45.7 Å². The third-order valence-electron chi connectivity index (χ3n) is 3.87. The Morgan fingerprint density at radius 3 is 2.25 bits per heavy atom. The lowest BCUT2D eigenvalue weighted by Crippen LogP contribution is -2.49. The molecule has 1 aromatic carbocycles. The van der Waals surface area contributed by atoms with Gasteiger partial charge in [0.15, 0.2) is 0 Å². The molecule has 1 aromatic rings. The summed E-state index contributed by atoms with van der Waals surface area (Å²) in [5, 5.41) is 13.2. The van der Waals surface area contributed by atoms with Crippen molar-refractivity contribution in [1.82, 2.24) is 10.2 Å². The molecule has 0 bridgehead atoms. The summed E-state index contributed by atoms with van der Waals surface area (Å²) in [5.41, 5.74) is 1.06. The summed E-state index contributed by atoms with van der Waals surface area (Å²) >= 11 is 7.14. The monoisotopic (exact) mass is 404 g/mol. The van der Waals surface area contributed by atoms with Crippen LogP contribution in [0.5, 0.6) is 0 Å². The number of piperazine rings is 1. The first-order valence-electron chi connectivity index (χ1n) is 6.95. The fourth-order valence-corrected chi connectivity index (χ4v) is 4.25. The average Bonchev–Trinajstić information content (AvgIpc) is 2.39. The quantitative estimate of drug-likeness (QED) is 0.807. The van der Waals surface area contributed by atoms with Gasteiger partial charge in [0, 0.05) is 53.2 Å². The van der Waals surface area contributed by atoms with E-state index in [4.69, 9.17) is 0 Å². The van der Waals surface area contributed by atoms with Crippen molar-refractivity contribution in [2.75, 3.05) is 32.8 Å². The highest BCUT2D eigenvalue weighted by Crippen LogP contribution is 2.40. The van der Waals surface area contributed by atoms with E-state index in [0.717, 1.165) is 35.1 Å². The smallest absolute Gasteiger partial charge is 0.0500 e.